The molecule has 6 heteroatoms. The van der Waals surface area contributed by atoms with Crippen LogP contribution in [0.25, 0.3) is 16.9 Å². The zero-order valence-corrected chi connectivity index (χ0v) is 13.1. The highest BCUT2D eigenvalue weighted by atomic mass is 35.5. The third kappa shape index (κ3) is 2.38. The molecule has 2 nitrogen and oxygen atoms in total. The van der Waals surface area contributed by atoms with Crippen LogP contribution in [0.1, 0.15) is 5.69 Å². The van der Waals surface area contributed by atoms with E-state index in [4.69, 9.17) is 46.4 Å². The van der Waals surface area contributed by atoms with Gasteiger partial charge in [-0.1, -0.05) is 34.8 Å². The SMILES string of the molecule is ClCc1c(-c2ccc(Cl)cc2Cl)nc2ccc(Cl)cn12. The highest BCUT2D eigenvalue weighted by Gasteiger charge is 2.16. The normalized spacial score (nSPS) is 11.2. The monoisotopic (exact) mass is 344 g/mol. The molecule has 3 aromatic rings. The van der Waals surface area contributed by atoms with Crippen LogP contribution in [0.2, 0.25) is 15.1 Å². The number of nitrogens with zero attached hydrogens (tertiary/aromatic N) is 2. The second-order valence-corrected chi connectivity index (χ2v) is 5.79. The van der Waals surface area contributed by atoms with Gasteiger partial charge in [-0.15, -0.1) is 11.6 Å². The molecule has 0 fully saturated rings. The first-order valence-electron chi connectivity index (χ1n) is 5.78. The van der Waals surface area contributed by atoms with Crippen LogP contribution in [0.5, 0.6) is 0 Å². The van der Waals surface area contributed by atoms with Crippen molar-refractivity contribution < 1.29 is 0 Å². The molecule has 1 aromatic carbocycles. The Balaban J connectivity index is 2.30. The molecule has 2 aromatic heterocycles. The zero-order chi connectivity index (χ0) is 14.3. The minimum atomic E-state index is 0.301. The highest BCUT2D eigenvalue weighted by molar-refractivity contribution is 6.36. The fourth-order valence-electron chi connectivity index (χ4n) is 2.09. The molecule has 2 heterocycles. The molecular weight excluding hydrogens is 338 g/mol. The van der Waals surface area contributed by atoms with Gasteiger partial charge in [0.1, 0.15) is 5.65 Å². The Kier molecular flexibility index (Phi) is 3.83. The number of benzene rings is 1. The molecule has 0 radical (unpaired) electrons. The molecule has 0 amide bonds. The summed E-state index contributed by atoms with van der Waals surface area (Å²) in [5.74, 6) is 0.301. The van der Waals surface area contributed by atoms with Gasteiger partial charge in [0.2, 0.25) is 0 Å². The van der Waals surface area contributed by atoms with E-state index >= 15 is 0 Å². The van der Waals surface area contributed by atoms with E-state index in [1.807, 2.05) is 16.5 Å². The number of imidazole rings is 1. The summed E-state index contributed by atoms with van der Waals surface area (Å²) in [6.45, 7) is 0. The number of hydrogen-bond acceptors (Lipinski definition) is 1. The van der Waals surface area contributed by atoms with Crippen molar-refractivity contribution >= 4 is 52.1 Å². The van der Waals surface area contributed by atoms with E-state index in [-0.39, 0.29) is 0 Å². The Labute approximate surface area is 135 Å². The summed E-state index contributed by atoms with van der Waals surface area (Å²) >= 11 is 24.3. The Hall–Kier alpha value is -0.930. The molecule has 20 heavy (non-hydrogen) atoms. The predicted molar refractivity (Wildman–Crippen MR) is 85.2 cm³/mol. The van der Waals surface area contributed by atoms with Crippen molar-refractivity contribution in [3.63, 3.8) is 0 Å². The smallest absolute Gasteiger partial charge is 0.137 e. The quantitative estimate of drug-likeness (QED) is 0.544. The predicted octanol–water partition coefficient (Wildman–Crippen LogP) is 5.70. The molecule has 0 atom stereocenters. The minimum absolute atomic E-state index is 0.301. The Bertz CT molecular complexity index is 795. The van der Waals surface area contributed by atoms with E-state index < -0.39 is 0 Å². The number of alkyl halides is 1. The van der Waals surface area contributed by atoms with Gasteiger partial charge in [0, 0.05) is 16.8 Å². The maximum Gasteiger partial charge on any atom is 0.137 e. The second-order valence-electron chi connectivity index (χ2n) is 4.24. The molecule has 102 valence electrons. The van der Waals surface area contributed by atoms with E-state index in [1.54, 1.807) is 24.4 Å². The van der Waals surface area contributed by atoms with Crippen LogP contribution in [0, 0.1) is 0 Å². The average molecular weight is 346 g/mol. The summed E-state index contributed by atoms with van der Waals surface area (Å²) in [4.78, 5) is 4.58. The van der Waals surface area contributed by atoms with Crippen molar-refractivity contribution in [2.45, 2.75) is 5.88 Å². The molecule has 3 rings (SSSR count). The van der Waals surface area contributed by atoms with Gasteiger partial charge in [-0.25, -0.2) is 4.98 Å². The average Bonchev–Trinajstić information content (AvgIpc) is 2.76. The van der Waals surface area contributed by atoms with Gasteiger partial charge in [-0.05, 0) is 30.3 Å². The van der Waals surface area contributed by atoms with Gasteiger partial charge in [-0.2, -0.15) is 0 Å². The number of halogens is 4. The summed E-state index contributed by atoms with van der Waals surface area (Å²) < 4.78 is 1.87. The number of rotatable bonds is 2. The Morgan fingerprint density at radius 3 is 2.45 bits per heavy atom. The van der Waals surface area contributed by atoms with Crippen LogP contribution >= 0.6 is 46.4 Å². The van der Waals surface area contributed by atoms with Crippen LogP contribution in [0.3, 0.4) is 0 Å². The Morgan fingerprint density at radius 2 is 1.75 bits per heavy atom. The molecular formula is C14H8Cl4N2. The van der Waals surface area contributed by atoms with E-state index in [1.165, 1.54) is 0 Å². The molecule has 0 aliphatic heterocycles. The molecule has 0 saturated carbocycles. The van der Waals surface area contributed by atoms with E-state index in [9.17, 15) is 0 Å². The number of hydrogen-bond donors (Lipinski definition) is 0. The Morgan fingerprint density at radius 1 is 1.00 bits per heavy atom. The third-order valence-corrected chi connectivity index (χ3v) is 4.02. The lowest BCUT2D eigenvalue weighted by Gasteiger charge is -2.04. The maximum absolute atomic E-state index is 6.25. The van der Waals surface area contributed by atoms with Crippen molar-refractivity contribution in [3.8, 4) is 11.3 Å². The van der Waals surface area contributed by atoms with Gasteiger partial charge >= 0.3 is 0 Å². The summed E-state index contributed by atoms with van der Waals surface area (Å²) in [6, 6.07) is 8.93. The van der Waals surface area contributed by atoms with Gasteiger partial charge in [0.15, 0.2) is 0 Å². The molecule has 0 saturated heterocycles. The zero-order valence-electron chi connectivity index (χ0n) is 10.1. The summed E-state index contributed by atoms with van der Waals surface area (Å²) in [5, 5.41) is 1.74. The van der Waals surface area contributed by atoms with Crippen molar-refractivity contribution in [1.29, 1.82) is 0 Å². The van der Waals surface area contributed by atoms with Gasteiger partial charge in [-0.3, -0.25) is 0 Å². The molecule has 0 N–H and O–H groups in total. The molecule has 0 spiro atoms. The van der Waals surface area contributed by atoms with Crippen LogP contribution in [0.4, 0.5) is 0 Å². The molecule has 0 aliphatic carbocycles. The van der Waals surface area contributed by atoms with Gasteiger partial charge in [0.25, 0.3) is 0 Å². The fraction of sp³-hybridized carbons (Fsp3) is 0.0714. The standard InChI is InChI=1S/C14H8Cl4N2/c15-6-12-14(10-3-1-8(16)5-11(10)18)19-13-4-2-9(17)7-20(12)13/h1-5,7H,6H2. The van der Waals surface area contributed by atoms with Gasteiger partial charge < -0.3 is 4.40 Å². The number of fused-ring (bicyclic) bond motifs is 1. The van der Waals surface area contributed by atoms with Crippen LogP contribution in [-0.4, -0.2) is 9.38 Å². The molecule has 0 aliphatic rings. The fourth-order valence-corrected chi connectivity index (χ4v) is 3.01. The van der Waals surface area contributed by atoms with Crippen molar-refractivity contribution in [3.05, 3.63) is 57.3 Å². The lowest BCUT2D eigenvalue weighted by atomic mass is 10.1. The van der Waals surface area contributed by atoms with Gasteiger partial charge in [0.05, 0.1) is 27.3 Å². The minimum Gasteiger partial charge on any atom is -0.301 e. The van der Waals surface area contributed by atoms with Crippen molar-refractivity contribution in [2.75, 3.05) is 0 Å². The summed E-state index contributed by atoms with van der Waals surface area (Å²) in [6.07, 6.45) is 1.79. The second kappa shape index (κ2) is 5.45. The van der Waals surface area contributed by atoms with E-state index in [0.29, 0.717) is 20.9 Å². The first-order valence-corrected chi connectivity index (χ1v) is 7.45. The lowest BCUT2D eigenvalue weighted by molar-refractivity contribution is 1.09. The molecule has 0 unspecified atom stereocenters. The highest BCUT2D eigenvalue weighted by Crippen LogP contribution is 2.33. The topological polar surface area (TPSA) is 17.3 Å². The molecule has 0 bridgehead atoms. The van der Waals surface area contributed by atoms with E-state index in [0.717, 1.165) is 22.6 Å². The lowest BCUT2D eigenvalue weighted by Crippen LogP contribution is -1.91. The van der Waals surface area contributed by atoms with Crippen LogP contribution < -0.4 is 0 Å². The number of pyridine rings is 1. The number of aromatic nitrogens is 2. The first-order chi connectivity index (χ1) is 9.60. The first kappa shape index (κ1) is 14.0. The van der Waals surface area contributed by atoms with E-state index in [2.05, 4.69) is 4.98 Å². The largest absolute Gasteiger partial charge is 0.301 e. The van der Waals surface area contributed by atoms with Crippen molar-refractivity contribution in [2.24, 2.45) is 0 Å². The maximum atomic E-state index is 6.25. The summed E-state index contributed by atoms with van der Waals surface area (Å²) in [5.41, 5.74) is 3.15. The third-order valence-electron chi connectivity index (χ3n) is 2.99. The van der Waals surface area contributed by atoms with Crippen LogP contribution in [0.15, 0.2) is 36.5 Å². The van der Waals surface area contributed by atoms with Crippen LogP contribution in [-0.2, 0) is 5.88 Å². The summed E-state index contributed by atoms with van der Waals surface area (Å²) in [7, 11) is 0. The van der Waals surface area contributed by atoms with Crippen molar-refractivity contribution in [1.82, 2.24) is 9.38 Å².